The van der Waals surface area contributed by atoms with Crippen molar-refractivity contribution in [2.24, 2.45) is 0 Å². The predicted molar refractivity (Wildman–Crippen MR) is 153 cm³/mol. The summed E-state index contributed by atoms with van der Waals surface area (Å²) in [7, 11) is 0. The van der Waals surface area contributed by atoms with Crippen molar-refractivity contribution in [1.82, 2.24) is 15.3 Å². The first-order valence-corrected chi connectivity index (χ1v) is 13.4. The second-order valence-electron chi connectivity index (χ2n) is 11.0. The molecule has 1 aliphatic heterocycles. The number of aromatic nitrogens is 2. The number of amides is 1. The van der Waals surface area contributed by atoms with Crippen molar-refractivity contribution in [3.05, 3.63) is 70.7 Å². The Morgan fingerprint density at radius 1 is 1.15 bits per heavy atom. The number of benzene rings is 2. The molecule has 3 aromatic rings. The monoisotopic (exact) mass is 565 g/mol. The predicted octanol–water partition coefficient (Wildman–Crippen LogP) is 4.89. The van der Waals surface area contributed by atoms with Crippen LogP contribution in [-0.2, 0) is 16.0 Å². The number of aliphatic hydroxyl groups is 1. The molecule has 10 nitrogen and oxygen atoms in total. The number of anilines is 3. The molecule has 11 heteroatoms. The van der Waals surface area contributed by atoms with Crippen molar-refractivity contribution < 1.29 is 28.6 Å². The minimum atomic E-state index is -1.28. The quantitative estimate of drug-likeness (QED) is 0.271. The van der Waals surface area contributed by atoms with Gasteiger partial charge >= 0.3 is 12.1 Å². The summed E-state index contributed by atoms with van der Waals surface area (Å²) in [5, 5.41) is 15.2. The number of alkyl carbamates (subject to hydrolysis) is 1. The number of rotatable bonds is 7. The number of ether oxygens (including phenoxy) is 2. The highest BCUT2D eigenvalue weighted by Crippen LogP contribution is 2.37. The molecule has 3 N–H and O–H groups in total. The number of hydrogen-bond acceptors (Lipinski definition) is 9. The van der Waals surface area contributed by atoms with Crippen LogP contribution in [0.25, 0.3) is 0 Å². The van der Waals surface area contributed by atoms with Gasteiger partial charge in [0, 0.05) is 23.5 Å². The molecule has 4 rings (SSSR count). The number of aliphatic hydroxyl groups excluding tert-OH is 1. The maximum absolute atomic E-state index is 13.3. The zero-order valence-corrected chi connectivity index (χ0v) is 24.1. The topological polar surface area (TPSA) is 126 Å². The van der Waals surface area contributed by atoms with Crippen molar-refractivity contribution in [2.75, 3.05) is 23.4 Å². The molecule has 0 spiro atoms. The average molecular weight is 566 g/mol. The Labute approximate surface area is 238 Å². The Morgan fingerprint density at radius 3 is 2.51 bits per heavy atom. The van der Waals surface area contributed by atoms with Crippen LogP contribution in [0, 0.1) is 19.7 Å². The van der Waals surface area contributed by atoms with E-state index in [-0.39, 0.29) is 11.9 Å². The van der Waals surface area contributed by atoms with Crippen LogP contribution in [0.1, 0.15) is 56.1 Å². The molecular formula is C30H36FN5O5. The fourth-order valence-corrected chi connectivity index (χ4v) is 4.57. The largest absolute Gasteiger partial charge is 0.444 e. The summed E-state index contributed by atoms with van der Waals surface area (Å²) in [5.41, 5.74) is 3.75. The summed E-state index contributed by atoms with van der Waals surface area (Å²) in [4.78, 5) is 36.4. The van der Waals surface area contributed by atoms with Gasteiger partial charge in [-0.3, -0.25) is 0 Å². The number of carbonyl (C=O) groups is 2. The summed E-state index contributed by atoms with van der Waals surface area (Å²) in [5.74, 6) is 0.334. The second-order valence-corrected chi connectivity index (χ2v) is 11.0. The Kier molecular flexibility index (Phi) is 8.77. The summed E-state index contributed by atoms with van der Waals surface area (Å²) in [6.07, 6.45) is -0.0802. The van der Waals surface area contributed by atoms with Crippen LogP contribution >= 0.6 is 0 Å². The van der Waals surface area contributed by atoms with Crippen LogP contribution in [0.4, 0.5) is 26.6 Å². The van der Waals surface area contributed by atoms with Crippen molar-refractivity contribution in [2.45, 2.75) is 65.6 Å². The van der Waals surface area contributed by atoms with Gasteiger partial charge in [0.1, 0.15) is 23.0 Å². The van der Waals surface area contributed by atoms with Gasteiger partial charge in [0.05, 0.1) is 12.6 Å². The molecule has 0 radical (unpaired) electrons. The van der Waals surface area contributed by atoms with Gasteiger partial charge in [0.15, 0.2) is 6.04 Å². The van der Waals surface area contributed by atoms with E-state index >= 15 is 0 Å². The molecule has 2 atom stereocenters. The van der Waals surface area contributed by atoms with E-state index in [0.29, 0.717) is 23.9 Å². The lowest BCUT2D eigenvalue weighted by molar-refractivity contribution is -0.137. The van der Waals surface area contributed by atoms with Gasteiger partial charge in [-0.2, -0.15) is 4.98 Å². The number of hydrogen-bond donors (Lipinski definition) is 3. The number of nitrogens with one attached hydrogen (secondary N) is 2. The minimum absolute atomic E-state index is 0.113. The smallest absolute Gasteiger partial charge is 0.408 e. The third-order valence-electron chi connectivity index (χ3n) is 6.77. The van der Waals surface area contributed by atoms with Crippen LogP contribution in [0.3, 0.4) is 0 Å². The molecule has 2 unspecified atom stereocenters. The zero-order valence-electron chi connectivity index (χ0n) is 24.1. The molecule has 41 heavy (non-hydrogen) atoms. The van der Waals surface area contributed by atoms with Crippen molar-refractivity contribution in [3.63, 3.8) is 0 Å². The van der Waals surface area contributed by atoms with Gasteiger partial charge in [-0.1, -0.05) is 6.07 Å². The number of esters is 1. The van der Waals surface area contributed by atoms with E-state index in [2.05, 4.69) is 20.5 Å². The third kappa shape index (κ3) is 7.29. The highest BCUT2D eigenvalue weighted by Gasteiger charge is 2.29. The van der Waals surface area contributed by atoms with E-state index in [1.165, 1.54) is 12.1 Å². The Balaban J connectivity index is 1.53. The molecule has 0 saturated heterocycles. The summed E-state index contributed by atoms with van der Waals surface area (Å²) in [6, 6.07) is 10.0. The normalized spacial score (nSPS) is 15.5. The van der Waals surface area contributed by atoms with E-state index in [1.54, 1.807) is 45.0 Å². The lowest BCUT2D eigenvalue weighted by Gasteiger charge is -2.37. The highest BCUT2D eigenvalue weighted by molar-refractivity contribution is 5.83. The summed E-state index contributed by atoms with van der Waals surface area (Å²) >= 11 is 0. The van der Waals surface area contributed by atoms with E-state index in [4.69, 9.17) is 14.5 Å². The fourth-order valence-electron chi connectivity index (χ4n) is 4.57. The maximum Gasteiger partial charge on any atom is 0.408 e. The molecule has 0 fully saturated rings. The van der Waals surface area contributed by atoms with E-state index in [1.807, 2.05) is 26.8 Å². The van der Waals surface area contributed by atoms with E-state index in [9.17, 15) is 19.1 Å². The number of fused-ring (bicyclic) bond motifs is 1. The van der Waals surface area contributed by atoms with Crippen LogP contribution in [0.5, 0.6) is 5.75 Å². The molecule has 218 valence electrons. The molecule has 2 heterocycles. The molecule has 0 aliphatic carbocycles. The fraction of sp³-hybridized carbons (Fsp3) is 0.400. The average Bonchev–Trinajstić information content (AvgIpc) is 2.90. The first-order valence-electron chi connectivity index (χ1n) is 13.4. The van der Waals surface area contributed by atoms with Crippen molar-refractivity contribution >= 4 is 29.5 Å². The zero-order chi connectivity index (χ0) is 29.9. The lowest BCUT2D eigenvalue weighted by atomic mass is 9.93. The van der Waals surface area contributed by atoms with Gasteiger partial charge in [-0.05, 0) is 95.5 Å². The molecule has 1 amide bonds. The maximum atomic E-state index is 13.3. The molecule has 0 bridgehead atoms. The molecular weight excluding hydrogens is 529 g/mol. The van der Waals surface area contributed by atoms with Gasteiger partial charge in [0.25, 0.3) is 0 Å². The SMILES string of the molecule is Cc1nc(Nc2ccc(F)cc2)nc(N2CCc3ccc(OC(=O)C(CO)NC(=O)OC(C)(C)C)cc3C2C)c1C. The Morgan fingerprint density at radius 2 is 1.85 bits per heavy atom. The molecule has 1 aromatic heterocycles. The van der Waals surface area contributed by atoms with E-state index in [0.717, 1.165) is 34.6 Å². The van der Waals surface area contributed by atoms with Crippen LogP contribution in [0.15, 0.2) is 42.5 Å². The number of carbonyl (C=O) groups excluding carboxylic acids is 2. The number of halogens is 1. The van der Waals surface area contributed by atoms with Crippen LogP contribution in [-0.4, -0.2) is 51.9 Å². The summed E-state index contributed by atoms with van der Waals surface area (Å²) < 4.78 is 24.1. The highest BCUT2D eigenvalue weighted by atomic mass is 19.1. The van der Waals surface area contributed by atoms with Gasteiger partial charge in [-0.15, -0.1) is 0 Å². The standard InChI is InChI=1S/C30H36FN5O5/c1-17-18(2)32-28(33-22-10-8-21(31)9-11-22)35-26(17)36-14-13-20-7-12-23(15-24(20)19(36)3)40-27(38)25(16-37)34-29(39)41-30(4,5)6/h7-12,15,19,25,37H,13-14,16H2,1-6H3,(H,34,39)(H,32,33,35). The molecule has 0 saturated carbocycles. The van der Waals surface area contributed by atoms with Gasteiger partial charge in [0.2, 0.25) is 5.95 Å². The Hall–Kier alpha value is -4.25. The second kappa shape index (κ2) is 12.1. The van der Waals surface area contributed by atoms with Gasteiger partial charge < -0.3 is 30.1 Å². The van der Waals surface area contributed by atoms with Crippen LogP contribution < -0.4 is 20.3 Å². The molecule has 2 aromatic carbocycles. The minimum Gasteiger partial charge on any atom is -0.444 e. The van der Waals surface area contributed by atoms with Crippen LogP contribution in [0.2, 0.25) is 0 Å². The lowest BCUT2D eigenvalue weighted by Crippen LogP contribution is -2.47. The number of nitrogens with zero attached hydrogens (tertiary/aromatic N) is 3. The third-order valence-corrected chi connectivity index (χ3v) is 6.77. The number of aryl methyl sites for hydroxylation is 1. The van der Waals surface area contributed by atoms with Crippen molar-refractivity contribution in [1.29, 1.82) is 0 Å². The summed E-state index contributed by atoms with van der Waals surface area (Å²) in [6.45, 7) is 11.1. The first-order chi connectivity index (χ1) is 19.3. The van der Waals surface area contributed by atoms with E-state index < -0.39 is 30.3 Å². The van der Waals surface area contributed by atoms with Gasteiger partial charge in [-0.25, -0.2) is 19.0 Å². The Bertz CT molecular complexity index is 1420. The molecule has 1 aliphatic rings. The first kappa shape index (κ1) is 29.7. The van der Waals surface area contributed by atoms with Crippen molar-refractivity contribution in [3.8, 4) is 5.75 Å².